The second-order valence-corrected chi connectivity index (χ2v) is 7.41. The standard InChI is InChI=1S/C24H23NO8/c1-29-19-6-2-3-7-20(19)31-14-22(26)32-16-9-8-15-11-18(24(28)33-21(15)12-16)23(27)25-13-17-5-4-10-30-17/h2-3,6-9,11-12,17H,4-5,10,13-14H2,1H3,(H,25,27). The highest BCUT2D eigenvalue weighted by atomic mass is 16.6. The van der Waals surface area contributed by atoms with Crippen molar-refractivity contribution in [1.82, 2.24) is 5.32 Å². The molecular weight excluding hydrogens is 430 g/mol. The normalized spacial score (nSPS) is 15.2. The van der Waals surface area contributed by atoms with E-state index < -0.39 is 17.5 Å². The average Bonchev–Trinajstić information content (AvgIpc) is 3.34. The van der Waals surface area contributed by atoms with Crippen LogP contribution in [0.3, 0.4) is 0 Å². The summed E-state index contributed by atoms with van der Waals surface area (Å²) in [7, 11) is 1.50. The summed E-state index contributed by atoms with van der Waals surface area (Å²) < 4.78 is 26.6. The van der Waals surface area contributed by atoms with E-state index in [1.54, 1.807) is 30.3 Å². The van der Waals surface area contributed by atoms with Crippen molar-refractivity contribution in [3.63, 3.8) is 0 Å². The van der Waals surface area contributed by atoms with Crippen LogP contribution in [-0.2, 0) is 9.53 Å². The minimum absolute atomic E-state index is 0.0364. The van der Waals surface area contributed by atoms with Gasteiger partial charge in [-0.05, 0) is 43.2 Å². The Balaban J connectivity index is 1.40. The van der Waals surface area contributed by atoms with E-state index in [0.717, 1.165) is 12.8 Å². The Labute approximate surface area is 189 Å². The van der Waals surface area contributed by atoms with Crippen LogP contribution in [0.2, 0.25) is 0 Å². The van der Waals surface area contributed by atoms with E-state index in [0.29, 0.717) is 30.0 Å². The number of carbonyl (C=O) groups excluding carboxylic acids is 2. The maximum absolute atomic E-state index is 12.4. The van der Waals surface area contributed by atoms with Gasteiger partial charge in [-0.2, -0.15) is 0 Å². The van der Waals surface area contributed by atoms with Crippen LogP contribution in [0.15, 0.2) is 57.7 Å². The number of methoxy groups -OCH3 is 1. The third-order valence-electron chi connectivity index (χ3n) is 5.11. The van der Waals surface area contributed by atoms with Gasteiger partial charge in [0.25, 0.3) is 5.91 Å². The predicted octanol–water partition coefficient (Wildman–Crippen LogP) is 2.69. The Kier molecular flexibility index (Phi) is 6.89. The molecule has 0 bridgehead atoms. The number of hydrogen-bond acceptors (Lipinski definition) is 8. The van der Waals surface area contributed by atoms with Crippen molar-refractivity contribution >= 4 is 22.8 Å². The van der Waals surface area contributed by atoms with Gasteiger partial charge >= 0.3 is 11.6 Å². The van der Waals surface area contributed by atoms with Crippen LogP contribution in [0.25, 0.3) is 11.0 Å². The summed E-state index contributed by atoms with van der Waals surface area (Å²) in [6, 6.07) is 12.9. The van der Waals surface area contributed by atoms with E-state index in [1.165, 1.54) is 25.3 Å². The molecule has 33 heavy (non-hydrogen) atoms. The molecule has 1 amide bonds. The van der Waals surface area contributed by atoms with E-state index in [-0.39, 0.29) is 29.6 Å². The van der Waals surface area contributed by atoms with E-state index in [2.05, 4.69) is 5.32 Å². The molecule has 172 valence electrons. The van der Waals surface area contributed by atoms with Crippen LogP contribution < -0.4 is 25.2 Å². The summed E-state index contributed by atoms with van der Waals surface area (Å²) in [5.74, 6) is -0.0899. The summed E-state index contributed by atoms with van der Waals surface area (Å²) >= 11 is 0. The number of hydrogen-bond donors (Lipinski definition) is 1. The number of esters is 1. The Morgan fingerprint density at radius 2 is 1.94 bits per heavy atom. The first-order chi connectivity index (χ1) is 16.0. The maximum Gasteiger partial charge on any atom is 0.349 e. The van der Waals surface area contributed by atoms with Gasteiger partial charge in [-0.15, -0.1) is 0 Å². The maximum atomic E-state index is 12.4. The lowest BCUT2D eigenvalue weighted by atomic mass is 10.1. The summed E-state index contributed by atoms with van der Waals surface area (Å²) in [6.45, 7) is 0.673. The smallest absolute Gasteiger partial charge is 0.349 e. The van der Waals surface area contributed by atoms with Crippen LogP contribution in [-0.4, -0.2) is 44.8 Å². The van der Waals surface area contributed by atoms with E-state index >= 15 is 0 Å². The lowest BCUT2D eigenvalue weighted by molar-refractivity contribution is -0.136. The van der Waals surface area contributed by atoms with Gasteiger partial charge in [0.2, 0.25) is 0 Å². The molecule has 1 aromatic heterocycles. The van der Waals surface area contributed by atoms with E-state index in [1.807, 2.05) is 0 Å². The molecule has 1 aliphatic heterocycles. The number of ether oxygens (including phenoxy) is 4. The second-order valence-electron chi connectivity index (χ2n) is 7.41. The molecule has 1 saturated heterocycles. The molecule has 2 heterocycles. The second kappa shape index (κ2) is 10.2. The highest BCUT2D eigenvalue weighted by molar-refractivity contribution is 5.96. The highest BCUT2D eigenvalue weighted by Crippen LogP contribution is 2.26. The fourth-order valence-corrected chi connectivity index (χ4v) is 3.46. The third kappa shape index (κ3) is 5.50. The van der Waals surface area contributed by atoms with Gasteiger partial charge in [-0.3, -0.25) is 4.79 Å². The largest absolute Gasteiger partial charge is 0.493 e. The zero-order chi connectivity index (χ0) is 23.2. The fourth-order valence-electron chi connectivity index (χ4n) is 3.46. The van der Waals surface area contributed by atoms with Gasteiger partial charge < -0.3 is 28.7 Å². The number of carbonyl (C=O) groups is 2. The Hall–Kier alpha value is -3.85. The van der Waals surface area contributed by atoms with Crippen LogP contribution >= 0.6 is 0 Å². The van der Waals surface area contributed by atoms with Crippen LogP contribution in [0.1, 0.15) is 23.2 Å². The molecule has 0 aliphatic carbocycles. The molecular formula is C24H23NO8. The molecule has 1 N–H and O–H groups in total. The number of nitrogens with one attached hydrogen (secondary N) is 1. The molecule has 2 aromatic carbocycles. The Bertz CT molecular complexity index is 1210. The number of fused-ring (bicyclic) bond motifs is 1. The van der Waals surface area contributed by atoms with Crippen molar-refractivity contribution in [2.24, 2.45) is 0 Å². The van der Waals surface area contributed by atoms with Gasteiger partial charge in [0, 0.05) is 24.6 Å². The minimum atomic E-state index is -0.782. The molecule has 4 rings (SSSR count). The van der Waals surface area contributed by atoms with Crippen LogP contribution in [0, 0.1) is 0 Å². The minimum Gasteiger partial charge on any atom is -0.493 e. The molecule has 0 radical (unpaired) electrons. The first kappa shape index (κ1) is 22.3. The first-order valence-corrected chi connectivity index (χ1v) is 10.5. The Morgan fingerprint density at radius 1 is 1.12 bits per heavy atom. The van der Waals surface area contributed by atoms with Gasteiger partial charge in [-0.25, -0.2) is 9.59 Å². The van der Waals surface area contributed by atoms with Gasteiger partial charge in [0.15, 0.2) is 18.1 Å². The SMILES string of the molecule is COc1ccccc1OCC(=O)Oc1ccc2cc(C(=O)NCC3CCCO3)c(=O)oc2c1. The highest BCUT2D eigenvalue weighted by Gasteiger charge is 2.19. The molecule has 9 heteroatoms. The summed E-state index contributed by atoms with van der Waals surface area (Å²) in [5, 5.41) is 3.22. The lowest BCUT2D eigenvalue weighted by Gasteiger charge is -2.11. The number of para-hydroxylation sites is 2. The van der Waals surface area contributed by atoms with Crippen molar-refractivity contribution in [1.29, 1.82) is 0 Å². The van der Waals surface area contributed by atoms with E-state index in [9.17, 15) is 14.4 Å². The monoisotopic (exact) mass is 453 g/mol. The zero-order valence-electron chi connectivity index (χ0n) is 18.0. The zero-order valence-corrected chi connectivity index (χ0v) is 18.0. The lowest BCUT2D eigenvalue weighted by Crippen LogP contribution is -2.34. The predicted molar refractivity (Wildman–Crippen MR) is 118 cm³/mol. The quantitative estimate of drug-likeness (QED) is 0.315. The van der Waals surface area contributed by atoms with Crippen molar-refractivity contribution < 1.29 is 33.0 Å². The molecule has 0 spiro atoms. The third-order valence-corrected chi connectivity index (χ3v) is 5.11. The molecule has 3 aromatic rings. The average molecular weight is 453 g/mol. The van der Waals surface area contributed by atoms with Crippen molar-refractivity contribution in [3.8, 4) is 17.2 Å². The van der Waals surface area contributed by atoms with Crippen molar-refractivity contribution in [3.05, 3.63) is 64.5 Å². The van der Waals surface area contributed by atoms with Gasteiger partial charge in [-0.1, -0.05) is 12.1 Å². The molecule has 1 fully saturated rings. The topological polar surface area (TPSA) is 113 Å². The number of rotatable bonds is 8. The summed E-state index contributed by atoms with van der Waals surface area (Å²) in [4.78, 5) is 36.9. The van der Waals surface area contributed by atoms with Crippen molar-refractivity contribution in [2.75, 3.05) is 26.9 Å². The molecule has 1 atom stereocenters. The number of amides is 1. The summed E-state index contributed by atoms with van der Waals surface area (Å²) in [6.07, 6.45) is 1.79. The Morgan fingerprint density at radius 3 is 2.70 bits per heavy atom. The van der Waals surface area contributed by atoms with Gasteiger partial charge in [0.1, 0.15) is 16.9 Å². The molecule has 0 saturated carbocycles. The van der Waals surface area contributed by atoms with Crippen molar-refractivity contribution in [2.45, 2.75) is 18.9 Å². The van der Waals surface area contributed by atoms with Crippen LogP contribution in [0.4, 0.5) is 0 Å². The number of benzene rings is 2. The summed E-state index contributed by atoms with van der Waals surface area (Å²) in [5.41, 5.74) is -0.697. The van der Waals surface area contributed by atoms with E-state index in [4.69, 9.17) is 23.4 Å². The molecule has 1 unspecified atom stereocenters. The van der Waals surface area contributed by atoms with Crippen LogP contribution in [0.5, 0.6) is 17.2 Å². The molecule has 9 nitrogen and oxygen atoms in total. The first-order valence-electron chi connectivity index (χ1n) is 10.5. The van der Waals surface area contributed by atoms with Gasteiger partial charge in [0.05, 0.1) is 13.2 Å². The molecule has 1 aliphatic rings. The fraction of sp³-hybridized carbons (Fsp3) is 0.292.